The zero-order valence-corrected chi connectivity index (χ0v) is 18.5. The maximum atomic E-state index is 12.8. The van der Waals surface area contributed by atoms with Crippen molar-refractivity contribution in [3.63, 3.8) is 0 Å². The Morgan fingerprint density at radius 3 is 2.53 bits per heavy atom. The Balaban J connectivity index is 1.59. The van der Waals surface area contributed by atoms with E-state index < -0.39 is 0 Å². The Labute approximate surface area is 187 Å². The third kappa shape index (κ3) is 6.09. The second-order valence-electron chi connectivity index (χ2n) is 7.46. The normalized spacial score (nSPS) is 14.4. The molecule has 1 fully saturated rings. The molecule has 0 radical (unpaired) electrons. The molecule has 6 nitrogen and oxygen atoms in total. The molecule has 0 bridgehead atoms. The van der Waals surface area contributed by atoms with Gasteiger partial charge in [-0.1, -0.05) is 30.1 Å². The summed E-state index contributed by atoms with van der Waals surface area (Å²) in [4.78, 5) is 30.9. The number of nitrogens with zero attached hydrogens (tertiary/aromatic N) is 2. The van der Waals surface area contributed by atoms with Crippen LogP contribution in [0.25, 0.3) is 0 Å². The van der Waals surface area contributed by atoms with Crippen molar-refractivity contribution in [2.24, 2.45) is 5.92 Å². The Bertz CT molecular complexity index is 881. The molecule has 2 heterocycles. The Kier molecular flexibility index (Phi) is 7.94. The van der Waals surface area contributed by atoms with Crippen LogP contribution < -0.4 is 10.6 Å². The van der Waals surface area contributed by atoms with Crippen LogP contribution in [-0.4, -0.2) is 41.3 Å². The summed E-state index contributed by atoms with van der Waals surface area (Å²) in [6.07, 6.45) is 4.88. The highest BCUT2D eigenvalue weighted by molar-refractivity contribution is 6.31. The molecule has 2 amide bonds. The van der Waals surface area contributed by atoms with Crippen molar-refractivity contribution < 1.29 is 9.59 Å². The number of benzene rings is 1. The van der Waals surface area contributed by atoms with Crippen molar-refractivity contribution in [1.82, 2.24) is 9.88 Å². The van der Waals surface area contributed by atoms with E-state index in [1.165, 1.54) is 6.20 Å². The quantitative estimate of drug-likeness (QED) is 0.618. The molecule has 0 spiro atoms. The van der Waals surface area contributed by atoms with E-state index in [9.17, 15) is 9.59 Å². The molecule has 2 aromatic rings. The first-order valence-electron chi connectivity index (χ1n) is 10.2. The molecular formula is C22H26Cl2N4O2. The number of pyridine rings is 1. The highest BCUT2D eigenvalue weighted by Crippen LogP contribution is 2.24. The minimum Gasteiger partial charge on any atom is -0.384 e. The summed E-state index contributed by atoms with van der Waals surface area (Å²) in [7, 11) is 0. The lowest BCUT2D eigenvalue weighted by Crippen LogP contribution is -2.39. The summed E-state index contributed by atoms with van der Waals surface area (Å²) in [6, 6.07) is 8.52. The van der Waals surface area contributed by atoms with Gasteiger partial charge in [0, 0.05) is 43.0 Å². The van der Waals surface area contributed by atoms with Crippen LogP contribution in [0.2, 0.25) is 10.0 Å². The van der Waals surface area contributed by atoms with Crippen molar-refractivity contribution in [2.75, 3.05) is 30.3 Å². The maximum absolute atomic E-state index is 12.8. The lowest BCUT2D eigenvalue weighted by molar-refractivity contribution is -0.132. The predicted octanol–water partition coefficient (Wildman–Crippen LogP) is 5.09. The largest absolute Gasteiger partial charge is 0.384 e. The molecule has 2 N–H and O–H groups in total. The fraction of sp³-hybridized carbons (Fsp3) is 0.409. The van der Waals surface area contributed by atoms with Gasteiger partial charge in [-0.25, -0.2) is 4.98 Å². The first kappa shape index (κ1) is 22.4. The third-order valence-corrected chi connectivity index (χ3v) is 5.67. The van der Waals surface area contributed by atoms with Crippen LogP contribution in [0.15, 0.2) is 36.5 Å². The second-order valence-corrected chi connectivity index (χ2v) is 8.33. The SMILES string of the molecule is CCCC(=O)N1CCC(CNc2ccc(Cl)cc2C(=O)Nc2ccc(Cl)cn2)CC1. The fourth-order valence-electron chi connectivity index (χ4n) is 3.50. The monoisotopic (exact) mass is 448 g/mol. The number of likely N-dealkylation sites (tertiary alicyclic amines) is 1. The van der Waals surface area contributed by atoms with Crippen LogP contribution in [0, 0.1) is 5.92 Å². The van der Waals surface area contributed by atoms with E-state index in [4.69, 9.17) is 23.2 Å². The van der Waals surface area contributed by atoms with Gasteiger partial charge < -0.3 is 15.5 Å². The van der Waals surface area contributed by atoms with Crippen LogP contribution in [-0.2, 0) is 4.79 Å². The standard InChI is InChI=1S/C22H26Cl2N4O2/c1-2-3-21(29)28-10-8-15(9-11-28)13-25-19-6-4-16(23)12-18(19)22(30)27-20-7-5-17(24)14-26-20/h4-7,12,14-15,25H,2-3,8-11,13H2,1H3,(H,26,27,30). The predicted molar refractivity (Wildman–Crippen MR) is 121 cm³/mol. The molecule has 0 saturated carbocycles. The van der Waals surface area contributed by atoms with Crippen molar-refractivity contribution in [3.05, 3.63) is 52.1 Å². The van der Waals surface area contributed by atoms with E-state index in [0.29, 0.717) is 33.8 Å². The van der Waals surface area contributed by atoms with Crippen LogP contribution in [0.5, 0.6) is 0 Å². The first-order valence-corrected chi connectivity index (χ1v) is 11.0. The van der Waals surface area contributed by atoms with Gasteiger partial charge >= 0.3 is 0 Å². The van der Waals surface area contributed by atoms with Gasteiger partial charge in [0.2, 0.25) is 5.91 Å². The number of anilines is 2. The Hall–Kier alpha value is -2.31. The molecule has 0 unspecified atom stereocenters. The number of hydrogen-bond acceptors (Lipinski definition) is 4. The van der Waals surface area contributed by atoms with Gasteiger partial charge in [-0.2, -0.15) is 0 Å². The van der Waals surface area contributed by atoms with Crippen LogP contribution in [0.1, 0.15) is 43.0 Å². The number of piperidine rings is 1. The van der Waals surface area contributed by atoms with E-state index in [-0.39, 0.29) is 11.8 Å². The van der Waals surface area contributed by atoms with Gasteiger partial charge in [-0.15, -0.1) is 0 Å². The number of hydrogen-bond donors (Lipinski definition) is 2. The summed E-state index contributed by atoms with van der Waals surface area (Å²) in [5.74, 6) is 0.811. The van der Waals surface area contributed by atoms with Gasteiger partial charge in [-0.3, -0.25) is 9.59 Å². The third-order valence-electron chi connectivity index (χ3n) is 5.21. The van der Waals surface area contributed by atoms with Gasteiger partial charge in [0.05, 0.1) is 10.6 Å². The molecule has 1 saturated heterocycles. The van der Waals surface area contributed by atoms with Crippen molar-refractivity contribution in [2.45, 2.75) is 32.6 Å². The van der Waals surface area contributed by atoms with Crippen LogP contribution in [0.4, 0.5) is 11.5 Å². The lowest BCUT2D eigenvalue weighted by Gasteiger charge is -2.32. The number of carbonyl (C=O) groups excluding carboxylic acids is 2. The van der Waals surface area contributed by atoms with E-state index in [1.54, 1.807) is 24.3 Å². The smallest absolute Gasteiger partial charge is 0.258 e. The minimum atomic E-state index is -0.296. The number of carbonyl (C=O) groups is 2. The molecule has 1 aliphatic rings. The molecule has 160 valence electrons. The number of aromatic nitrogens is 1. The number of halogens is 2. The lowest BCUT2D eigenvalue weighted by atomic mass is 9.96. The average Bonchev–Trinajstić information content (AvgIpc) is 2.75. The van der Waals surface area contributed by atoms with E-state index in [0.717, 1.165) is 44.6 Å². The first-order chi connectivity index (χ1) is 14.5. The van der Waals surface area contributed by atoms with Crippen molar-refractivity contribution >= 4 is 46.5 Å². The minimum absolute atomic E-state index is 0.247. The summed E-state index contributed by atoms with van der Waals surface area (Å²) in [5.41, 5.74) is 1.17. The topological polar surface area (TPSA) is 74.3 Å². The number of nitrogens with one attached hydrogen (secondary N) is 2. The highest BCUT2D eigenvalue weighted by atomic mass is 35.5. The molecule has 8 heteroatoms. The van der Waals surface area contributed by atoms with Crippen molar-refractivity contribution in [1.29, 1.82) is 0 Å². The zero-order chi connectivity index (χ0) is 21.5. The highest BCUT2D eigenvalue weighted by Gasteiger charge is 2.22. The fourth-order valence-corrected chi connectivity index (χ4v) is 3.79. The molecule has 1 aromatic carbocycles. The van der Waals surface area contributed by atoms with E-state index >= 15 is 0 Å². The maximum Gasteiger partial charge on any atom is 0.258 e. The zero-order valence-electron chi connectivity index (χ0n) is 17.0. The second kappa shape index (κ2) is 10.6. The average molecular weight is 449 g/mol. The number of rotatable bonds is 7. The summed E-state index contributed by atoms with van der Waals surface area (Å²) < 4.78 is 0. The molecule has 30 heavy (non-hydrogen) atoms. The molecule has 0 aliphatic carbocycles. The molecule has 3 rings (SSSR count). The summed E-state index contributed by atoms with van der Waals surface area (Å²) in [5, 5.41) is 7.14. The van der Waals surface area contributed by atoms with Gasteiger partial charge in [0.15, 0.2) is 0 Å². The molecule has 1 aromatic heterocycles. The van der Waals surface area contributed by atoms with Crippen LogP contribution >= 0.6 is 23.2 Å². The van der Waals surface area contributed by atoms with Crippen molar-refractivity contribution in [3.8, 4) is 0 Å². The number of amides is 2. The Morgan fingerprint density at radius 2 is 1.87 bits per heavy atom. The van der Waals surface area contributed by atoms with Gasteiger partial charge in [0.1, 0.15) is 5.82 Å². The molecule has 0 atom stereocenters. The van der Waals surface area contributed by atoms with E-state index in [1.807, 2.05) is 17.9 Å². The van der Waals surface area contributed by atoms with Gasteiger partial charge in [0.25, 0.3) is 5.91 Å². The van der Waals surface area contributed by atoms with Crippen LogP contribution in [0.3, 0.4) is 0 Å². The van der Waals surface area contributed by atoms with E-state index in [2.05, 4.69) is 15.6 Å². The molecule has 1 aliphatic heterocycles. The molecular weight excluding hydrogens is 423 g/mol. The summed E-state index contributed by atoms with van der Waals surface area (Å²) >= 11 is 12.0. The summed E-state index contributed by atoms with van der Waals surface area (Å²) in [6.45, 7) is 4.34. The van der Waals surface area contributed by atoms with Gasteiger partial charge in [-0.05, 0) is 55.5 Å². The Morgan fingerprint density at radius 1 is 1.13 bits per heavy atom.